The van der Waals surface area contributed by atoms with E-state index in [0.29, 0.717) is 11.1 Å². The molecule has 0 aliphatic heterocycles. The highest BCUT2D eigenvalue weighted by molar-refractivity contribution is 7.90. The van der Waals surface area contributed by atoms with Crippen LogP contribution in [0, 0.1) is 6.08 Å². The molecule has 29 heavy (non-hydrogen) atoms. The van der Waals surface area contributed by atoms with Gasteiger partial charge in [-0.25, -0.2) is 23.4 Å². The molecule has 0 amide bonds. The van der Waals surface area contributed by atoms with Gasteiger partial charge < -0.3 is 4.74 Å². The van der Waals surface area contributed by atoms with Gasteiger partial charge in [0.1, 0.15) is 0 Å². The molecule has 0 unspecified atom stereocenters. The molecule has 0 saturated heterocycles. The monoisotopic (exact) mass is 453 g/mol. The first-order chi connectivity index (χ1) is 13.8. The van der Waals surface area contributed by atoms with E-state index >= 15 is 0 Å². The number of nitrogens with zero attached hydrogens (tertiary/aromatic N) is 3. The Morgan fingerprint density at radius 3 is 2.52 bits per heavy atom. The summed E-state index contributed by atoms with van der Waals surface area (Å²) in [5, 5.41) is 0.130. The third-order valence-electron chi connectivity index (χ3n) is 3.83. The van der Waals surface area contributed by atoms with Crippen molar-refractivity contribution in [2.24, 2.45) is 0 Å². The Morgan fingerprint density at radius 1 is 1.10 bits per heavy atom. The van der Waals surface area contributed by atoms with Crippen LogP contribution in [0.1, 0.15) is 16.8 Å². The Balaban J connectivity index is 1.86. The van der Waals surface area contributed by atoms with E-state index in [1.807, 2.05) is 0 Å². The second kappa shape index (κ2) is 8.86. The number of rotatable bonds is 6. The first-order valence-corrected chi connectivity index (χ1v) is 10.6. The van der Waals surface area contributed by atoms with Crippen LogP contribution >= 0.6 is 23.2 Å². The molecule has 0 aliphatic rings. The number of sulfone groups is 1. The number of halogens is 3. The van der Waals surface area contributed by atoms with Gasteiger partial charge in [-0.3, -0.25) is 0 Å². The van der Waals surface area contributed by atoms with Gasteiger partial charge in [0.05, 0.1) is 33.5 Å². The Kier molecular flexibility index (Phi) is 6.46. The summed E-state index contributed by atoms with van der Waals surface area (Å²) >= 11 is 12.0. The fraction of sp³-hybridized carbons (Fsp3) is 0.105. The summed E-state index contributed by atoms with van der Waals surface area (Å²) in [5.74, 6) is -0.145. The maximum atomic E-state index is 12.8. The molecule has 0 radical (unpaired) electrons. The predicted molar refractivity (Wildman–Crippen MR) is 109 cm³/mol. The minimum absolute atomic E-state index is 0.0257. The van der Waals surface area contributed by atoms with Gasteiger partial charge in [0.25, 0.3) is 0 Å². The maximum Gasteiger partial charge on any atom is 0.308 e. The third-order valence-corrected chi connectivity index (χ3v) is 6.44. The number of hydrogen-bond donors (Lipinski definition) is 0. The van der Waals surface area contributed by atoms with E-state index in [0.717, 1.165) is 0 Å². The zero-order valence-electron chi connectivity index (χ0n) is 15.0. The number of methoxy groups -OCH3 is 1. The number of pyridine rings is 1. The average molecular weight is 454 g/mol. The largest absolute Gasteiger partial charge is 0.481 e. The Morgan fingerprint density at radius 2 is 1.83 bits per heavy atom. The number of aromatic nitrogens is 3. The smallest absolute Gasteiger partial charge is 0.308 e. The number of benzene rings is 1. The van der Waals surface area contributed by atoms with E-state index in [1.165, 1.54) is 37.7 Å². The molecule has 150 valence electrons. The lowest BCUT2D eigenvalue weighted by molar-refractivity contribution is 0.395. The Hall–Kier alpha value is -2.55. The topological polar surface area (TPSA) is 82.0 Å². The van der Waals surface area contributed by atoms with Gasteiger partial charge >= 0.3 is 6.08 Å². The lowest BCUT2D eigenvalue weighted by Gasteiger charge is -2.09. The molecule has 0 bridgehead atoms. The quantitative estimate of drug-likeness (QED) is 0.512. The van der Waals surface area contributed by atoms with Crippen LogP contribution in [0.25, 0.3) is 12.2 Å². The summed E-state index contributed by atoms with van der Waals surface area (Å²) < 4.78 is 43.5. The summed E-state index contributed by atoms with van der Waals surface area (Å²) in [5.41, 5.74) is 1.45. The second-order valence-electron chi connectivity index (χ2n) is 5.83. The van der Waals surface area contributed by atoms with E-state index in [9.17, 15) is 12.8 Å². The van der Waals surface area contributed by atoms with Crippen molar-refractivity contribution in [2.45, 2.75) is 10.6 Å². The van der Waals surface area contributed by atoms with Crippen LogP contribution in [-0.4, -0.2) is 30.5 Å². The summed E-state index contributed by atoms with van der Waals surface area (Å²) in [4.78, 5) is 11.1. The van der Waals surface area contributed by atoms with Crippen LogP contribution in [0.4, 0.5) is 4.39 Å². The van der Waals surface area contributed by atoms with Gasteiger partial charge in [-0.2, -0.15) is 4.39 Å². The molecule has 6 nitrogen and oxygen atoms in total. The number of hydrogen-bond acceptors (Lipinski definition) is 6. The Labute approximate surface area is 176 Å². The minimum atomic E-state index is -3.77. The molecule has 2 aromatic heterocycles. The molecule has 3 aromatic rings. The van der Waals surface area contributed by atoms with E-state index in [1.54, 1.807) is 24.3 Å². The van der Waals surface area contributed by atoms with Gasteiger partial charge in [0.15, 0.2) is 9.84 Å². The molecule has 10 heteroatoms. The van der Waals surface area contributed by atoms with Crippen LogP contribution in [0.2, 0.25) is 10.0 Å². The highest BCUT2D eigenvalue weighted by Gasteiger charge is 2.21. The van der Waals surface area contributed by atoms with E-state index < -0.39 is 15.9 Å². The van der Waals surface area contributed by atoms with Crippen molar-refractivity contribution in [3.8, 4) is 5.88 Å². The van der Waals surface area contributed by atoms with Crippen LogP contribution in [0.15, 0.2) is 47.6 Å². The summed E-state index contributed by atoms with van der Waals surface area (Å²) in [6, 6.07) is 7.65. The molecule has 0 N–H and O–H groups in total. The van der Waals surface area contributed by atoms with E-state index in [4.69, 9.17) is 27.9 Å². The fourth-order valence-electron chi connectivity index (χ4n) is 2.45. The van der Waals surface area contributed by atoms with E-state index in [2.05, 4.69) is 15.0 Å². The molecule has 1 aromatic carbocycles. The lowest BCUT2D eigenvalue weighted by Crippen LogP contribution is -2.08. The van der Waals surface area contributed by atoms with Crippen LogP contribution in [0.5, 0.6) is 5.88 Å². The SMILES string of the molecule is COc1nc(CS(=O)(=O)c2cccc(Cl)c2Cl)ccc1/C=C/c1cnc(F)nc1. The molecule has 2 heterocycles. The van der Waals surface area contributed by atoms with Crippen LogP contribution in [-0.2, 0) is 15.6 Å². The first kappa shape index (κ1) is 21.2. The van der Waals surface area contributed by atoms with Gasteiger partial charge in [-0.05, 0) is 30.3 Å². The number of ether oxygens (including phenoxy) is 1. The highest BCUT2D eigenvalue weighted by Crippen LogP contribution is 2.31. The lowest BCUT2D eigenvalue weighted by atomic mass is 10.2. The van der Waals surface area contributed by atoms with Gasteiger partial charge in [0.2, 0.25) is 5.88 Å². The van der Waals surface area contributed by atoms with Gasteiger partial charge in [-0.1, -0.05) is 35.3 Å². The first-order valence-electron chi connectivity index (χ1n) is 8.16. The van der Waals surface area contributed by atoms with Crippen molar-refractivity contribution in [2.75, 3.05) is 7.11 Å². The summed E-state index contributed by atoms with van der Waals surface area (Å²) in [7, 11) is -2.34. The molecule has 0 atom stereocenters. The standard InChI is InChI=1S/C19H14Cl2FN3O3S/c1-28-18-13(6-5-12-9-23-19(22)24-10-12)7-8-14(25-18)11-29(26,27)16-4-2-3-15(20)17(16)21/h2-10H,11H2,1H3/b6-5+. The molecule has 3 rings (SSSR count). The van der Waals surface area contributed by atoms with Crippen molar-refractivity contribution in [3.05, 3.63) is 75.7 Å². The fourth-order valence-corrected chi connectivity index (χ4v) is 4.53. The predicted octanol–water partition coefficient (Wildman–Crippen LogP) is 4.47. The van der Waals surface area contributed by atoms with Crippen molar-refractivity contribution < 1.29 is 17.5 Å². The molecule has 0 spiro atoms. The highest BCUT2D eigenvalue weighted by atomic mass is 35.5. The summed E-state index contributed by atoms with van der Waals surface area (Å²) in [6.07, 6.45) is 5.17. The molecular weight excluding hydrogens is 440 g/mol. The van der Waals surface area contributed by atoms with Crippen LogP contribution < -0.4 is 4.74 Å². The van der Waals surface area contributed by atoms with Crippen molar-refractivity contribution >= 4 is 45.2 Å². The van der Waals surface area contributed by atoms with Gasteiger partial charge in [0, 0.05) is 23.5 Å². The molecule has 0 aliphatic carbocycles. The normalized spacial score (nSPS) is 11.7. The average Bonchev–Trinajstić information content (AvgIpc) is 2.69. The molecular formula is C19H14Cl2FN3O3S. The van der Waals surface area contributed by atoms with E-state index in [-0.39, 0.29) is 32.3 Å². The summed E-state index contributed by atoms with van der Waals surface area (Å²) in [6.45, 7) is 0. The van der Waals surface area contributed by atoms with Crippen molar-refractivity contribution in [3.63, 3.8) is 0 Å². The minimum Gasteiger partial charge on any atom is -0.481 e. The van der Waals surface area contributed by atoms with Crippen LogP contribution in [0.3, 0.4) is 0 Å². The molecule has 0 saturated carbocycles. The van der Waals surface area contributed by atoms with Crippen molar-refractivity contribution in [1.29, 1.82) is 0 Å². The van der Waals surface area contributed by atoms with Crippen molar-refractivity contribution in [1.82, 2.24) is 15.0 Å². The maximum absolute atomic E-state index is 12.8. The van der Waals surface area contributed by atoms with Gasteiger partial charge in [-0.15, -0.1) is 0 Å². The second-order valence-corrected chi connectivity index (χ2v) is 8.57. The third kappa shape index (κ3) is 5.09. The zero-order valence-corrected chi connectivity index (χ0v) is 17.3. The Bertz CT molecular complexity index is 1170. The molecule has 0 fully saturated rings. The zero-order chi connectivity index (χ0) is 21.0.